The van der Waals surface area contributed by atoms with E-state index in [1.54, 1.807) is 29.2 Å². The predicted octanol–water partition coefficient (Wildman–Crippen LogP) is 0.525. The maximum Gasteiger partial charge on any atom is 0.262 e. The molecule has 2 aliphatic rings. The molecule has 0 saturated carbocycles. The van der Waals surface area contributed by atoms with Crippen LogP contribution in [0.5, 0.6) is 0 Å². The summed E-state index contributed by atoms with van der Waals surface area (Å²) in [4.78, 5) is 39.6. The van der Waals surface area contributed by atoms with Gasteiger partial charge in [0.05, 0.1) is 11.1 Å². The largest absolute Gasteiger partial charge is 0.336 e. The Hall–Kier alpha value is -1.92. The fourth-order valence-electron chi connectivity index (χ4n) is 2.82. The summed E-state index contributed by atoms with van der Waals surface area (Å²) in [6.07, 6.45) is 0. The number of hydrogen-bond donors (Lipinski definition) is 1. The van der Waals surface area contributed by atoms with Gasteiger partial charge in [0.2, 0.25) is 5.91 Å². The molecule has 0 bridgehead atoms. The number of nitrogens with zero attached hydrogens (tertiary/aromatic N) is 2. The number of imide groups is 1. The van der Waals surface area contributed by atoms with E-state index in [2.05, 4.69) is 5.32 Å². The second-order valence-corrected chi connectivity index (χ2v) is 5.38. The molecule has 1 fully saturated rings. The third-order valence-electron chi connectivity index (χ3n) is 3.99. The lowest BCUT2D eigenvalue weighted by Gasteiger charge is -2.34. The topological polar surface area (TPSA) is 69.7 Å². The zero-order chi connectivity index (χ0) is 15.0. The van der Waals surface area contributed by atoms with Crippen LogP contribution in [0.15, 0.2) is 24.3 Å². The van der Waals surface area contributed by atoms with E-state index in [4.69, 9.17) is 0 Å². The van der Waals surface area contributed by atoms with Gasteiger partial charge in [0.15, 0.2) is 0 Å². The average Bonchev–Trinajstić information content (AvgIpc) is 2.73. The Labute approximate surface area is 134 Å². The lowest BCUT2D eigenvalue weighted by molar-refractivity contribution is -0.134. The van der Waals surface area contributed by atoms with Crippen LogP contribution < -0.4 is 5.32 Å². The molecule has 118 valence electrons. The first-order chi connectivity index (χ1) is 10.1. The van der Waals surface area contributed by atoms with E-state index in [9.17, 15) is 14.4 Å². The standard InChI is InChI=1S/C15H17N3O3.ClH/c1-10-8-16-6-7-17(10)13(19)9-18-14(20)11-4-2-3-5-12(11)15(18)21;/h2-5,10,16H,6-9H2,1H3;1H/t10-;/m1./s1. The molecule has 1 aromatic carbocycles. The highest BCUT2D eigenvalue weighted by molar-refractivity contribution is 6.22. The van der Waals surface area contributed by atoms with Crippen LogP contribution in [0, 0.1) is 0 Å². The van der Waals surface area contributed by atoms with Crippen molar-refractivity contribution in [1.29, 1.82) is 0 Å². The second kappa shape index (κ2) is 6.46. The molecule has 1 N–H and O–H groups in total. The van der Waals surface area contributed by atoms with E-state index in [1.165, 1.54) is 0 Å². The summed E-state index contributed by atoms with van der Waals surface area (Å²) in [6.45, 7) is 3.83. The number of piperazine rings is 1. The SMILES string of the molecule is C[C@@H]1CNCCN1C(=O)CN1C(=O)c2ccccc2C1=O.Cl. The summed E-state index contributed by atoms with van der Waals surface area (Å²) in [5.41, 5.74) is 0.757. The van der Waals surface area contributed by atoms with Crippen LogP contribution in [0.3, 0.4) is 0 Å². The van der Waals surface area contributed by atoms with E-state index in [0.717, 1.165) is 18.0 Å². The molecule has 3 rings (SSSR count). The second-order valence-electron chi connectivity index (χ2n) is 5.38. The lowest BCUT2D eigenvalue weighted by atomic mass is 10.1. The van der Waals surface area contributed by atoms with Crippen molar-refractivity contribution in [3.05, 3.63) is 35.4 Å². The van der Waals surface area contributed by atoms with Crippen molar-refractivity contribution in [2.24, 2.45) is 0 Å². The van der Waals surface area contributed by atoms with Crippen LogP contribution in [-0.2, 0) is 4.79 Å². The van der Waals surface area contributed by atoms with Crippen LogP contribution >= 0.6 is 12.4 Å². The fraction of sp³-hybridized carbons (Fsp3) is 0.400. The van der Waals surface area contributed by atoms with E-state index in [0.29, 0.717) is 17.7 Å². The summed E-state index contributed by atoms with van der Waals surface area (Å²) in [5, 5.41) is 3.20. The Bertz CT molecular complexity index is 585. The maximum atomic E-state index is 12.4. The molecule has 6 nitrogen and oxygen atoms in total. The van der Waals surface area contributed by atoms with Crippen molar-refractivity contribution in [3.8, 4) is 0 Å². The van der Waals surface area contributed by atoms with Gasteiger partial charge in [-0.1, -0.05) is 12.1 Å². The number of rotatable bonds is 2. The van der Waals surface area contributed by atoms with Crippen LogP contribution in [0.25, 0.3) is 0 Å². The fourth-order valence-corrected chi connectivity index (χ4v) is 2.82. The van der Waals surface area contributed by atoms with Gasteiger partial charge in [-0.15, -0.1) is 12.4 Å². The number of hydrogen-bond acceptors (Lipinski definition) is 4. The van der Waals surface area contributed by atoms with Gasteiger partial charge in [-0.25, -0.2) is 0 Å². The van der Waals surface area contributed by atoms with Gasteiger partial charge in [-0.05, 0) is 19.1 Å². The average molecular weight is 324 g/mol. The zero-order valence-electron chi connectivity index (χ0n) is 12.2. The van der Waals surface area contributed by atoms with Crippen molar-refractivity contribution in [2.75, 3.05) is 26.2 Å². The predicted molar refractivity (Wildman–Crippen MR) is 83.1 cm³/mol. The maximum absolute atomic E-state index is 12.4. The minimum Gasteiger partial charge on any atom is -0.336 e. The van der Waals surface area contributed by atoms with Crippen molar-refractivity contribution >= 4 is 30.1 Å². The lowest BCUT2D eigenvalue weighted by Crippen LogP contribution is -2.55. The van der Waals surface area contributed by atoms with E-state index < -0.39 is 0 Å². The molecule has 2 aliphatic heterocycles. The zero-order valence-corrected chi connectivity index (χ0v) is 13.1. The van der Waals surface area contributed by atoms with Crippen molar-refractivity contribution < 1.29 is 14.4 Å². The van der Waals surface area contributed by atoms with Crippen molar-refractivity contribution in [1.82, 2.24) is 15.1 Å². The first-order valence-corrected chi connectivity index (χ1v) is 7.05. The van der Waals surface area contributed by atoms with E-state index in [-0.39, 0.29) is 42.7 Å². The summed E-state index contributed by atoms with van der Waals surface area (Å²) in [5.74, 6) is -0.947. The third kappa shape index (κ3) is 2.71. The molecule has 0 radical (unpaired) electrons. The highest BCUT2D eigenvalue weighted by Crippen LogP contribution is 2.22. The van der Waals surface area contributed by atoms with Crippen molar-refractivity contribution in [3.63, 3.8) is 0 Å². The van der Waals surface area contributed by atoms with Crippen LogP contribution in [0.1, 0.15) is 27.6 Å². The molecule has 1 aromatic rings. The van der Waals surface area contributed by atoms with Crippen LogP contribution in [0.2, 0.25) is 0 Å². The minimum atomic E-state index is -0.383. The Balaban J connectivity index is 0.00000176. The summed E-state index contributed by atoms with van der Waals surface area (Å²) >= 11 is 0. The molecule has 2 heterocycles. The number of halogens is 1. The molecule has 7 heteroatoms. The first kappa shape index (κ1) is 16.5. The quantitative estimate of drug-likeness (QED) is 0.806. The highest BCUT2D eigenvalue weighted by atomic mass is 35.5. The number of carbonyl (C=O) groups is 3. The van der Waals surface area contributed by atoms with Gasteiger partial charge in [-0.2, -0.15) is 0 Å². The monoisotopic (exact) mass is 323 g/mol. The molecular formula is C15H18ClN3O3. The molecule has 0 aliphatic carbocycles. The Morgan fingerprint density at radius 3 is 2.36 bits per heavy atom. The Morgan fingerprint density at radius 1 is 1.23 bits per heavy atom. The van der Waals surface area contributed by atoms with Crippen LogP contribution in [-0.4, -0.2) is 59.7 Å². The van der Waals surface area contributed by atoms with Crippen LogP contribution in [0.4, 0.5) is 0 Å². The molecule has 3 amide bonds. The number of carbonyl (C=O) groups excluding carboxylic acids is 3. The summed E-state index contributed by atoms with van der Waals surface area (Å²) in [6, 6.07) is 6.74. The van der Waals surface area contributed by atoms with Gasteiger partial charge >= 0.3 is 0 Å². The molecule has 22 heavy (non-hydrogen) atoms. The summed E-state index contributed by atoms with van der Waals surface area (Å²) < 4.78 is 0. The molecule has 1 atom stereocenters. The Kier molecular flexibility index (Phi) is 4.83. The molecule has 1 saturated heterocycles. The molecule has 0 spiro atoms. The number of amides is 3. The number of nitrogens with one attached hydrogen (secondary N) is 1. The van der Waals surface area contributed by atoms with Gasteiger partial charge < -0.3 is 10.2 Å². The Morgan fingerprint density at radius 2 is 1.82 bits per heavy atom. The normalized spacial score (nSPS) is 20.7. The first-order valence-electron chi connectivity index (χ1n) is 7.05. The molecule has 0 unspecified atom stereocenters. The van der Waals surface area contributed by atoms with E-state index in [1.807, 2.05) is 6.92 Å². The molecule has 0 aromatic heterocycles. The third-order valence-corrected chi connectivity index (χ3v) is 3.99. The molecular weight excluding hydrogens is 306 g/mol. The number of benzene rings is 1. The number of fused-ring (bicyclic) bond motifs is 1. The van der Waals surface area contributed by atoms with Gasteiger partial charge in [0, 0.05) is 25.7 Å². The van der Waals surface area contributed by atoms with Crippen molar-refractivity contribution in [2.45, 2.75) is 13.0 Å². The van der Waals surface area contributed by atoms with E-state index >= 15 is 0 Å². The minimum absolute atomic E-state index is 0. The van der Waals surface area contributed by atoms with Gasteiger partial charge in [0.25, 0.3) is 11.8 Å². The van der Waals surface area contributed by atoms with Gasteiger partial charge in [-0.3, -0.25) is 19.3 Å². The van der Waals surface area contributed by atoms with Gasteiger partial charge in [0.1, 0.15) is 6.54 Å². The smallest absolute Gasteiger partial charge is 0.262 e. The highest BCUT2D eigenvalue weighted by Gasteiger charge is 2.37. The summed E-state index contributed by atoms with van der Waals surface area (Å²) in [7, 11) is 0.